The Morgan fingerprint density at radius 3 is 1.35 bits per heavy atom. The summed E-state index contributed by atoms with van der Waals surface area (Å²) in [4.78, 5) is 41.3. The molecule has 0 aliphatic rings. The predicted octanol–water partition coefficient (Wildman–Crippen LogP) is 1.82. The Kier molecular flexibility index (Phi) is 8.05. The Bertz CT molecular complexity index is 725. The summed E-state index contributed by atoms with van der Waals surface area (Å²) in [5.41, 5.74) is 0. The van der Waals surface area contributed by atoms with Crippen LogP contribution < -0.4 is 9.47 Å². The van der Waals surface area contributed by atoms with Crippen molar-refractivity contribution >= 4 is 46.6 Å². The van der Waals surface area contributed by atoms with E-state index in [0.717, 1.165) is 22.7 Å². The van der Waals surface area contributed by atoms with Gasteiger partial charge in [-0.3, -0.25) is 0 Å². The third-order valence-corrected chi connectivity index (χ3v) is 4.12. The fourth-order valence-corrected chi connectivity index (χ4v) is 2.76. The van der Waals surface area contributed by atoms with Crippen molar-refractivity contribution in [1.29, 1.82) is 0 Å². The second kappa shape index (κ2) is 10.0. The quantitative estimate of drug-likeness (QED) is 0.509. The summed E-state index contributed by atoms with van der Waals surface area (Å²) in [6.45, 7) is -1.06. The molecule has 0 amide bonds. The van der Waals surface area contributed by atoms with Gasteiger partial charge in [-0.1, -0.05) is 0 Å². The van der Waals surface area contributed by atoms with E-state index in [1.165, 1.54) is 22.9 Å². The minimum atomic E-state index is -1.14. The lowest BCUT2D eigenvalue weighted by atomic mass is 10.4. The number of aliphatic carboxylic acids is 2. The fourth-order valence-electron chi connectivity index (χ4n) is 1.41. The van der Waals surface area contributed by atoms with Crippen molar-refractivity contribution in [2.75, 3.05) is 13.2 Å². The van der Waals surface area contributed by atoms with E-state index in [0.29, 0.717) is 0 Å². The summed E-state index contributed by atoms with van der Waals surface area (Å²) in [7, 11) is 0. The van der Waals surface area contributed by atoms with Crippen LogP contribution in [0.1, 0.15) is 19.3 Å². The first-order chi connectivity index (χ1) is 12.2. The van der Waals surface area contributed by atoms with Crippen LogP contribution in [0, 0.1) is 0 Å². The molecule has 26 heavy (non-hydrogen) atoms. The van der Waals surface area contributed by atoms with Gasteiger partial charge < -0.3 is 29.9 Å². The first-order valence-corrected chi connectivity index (χ1v) is 8.29. The normalized spacial score (nSPS) is 9.54. The lowest BCUT2D eigenvalue weighted by molar-refractivity contribution is -0.140. The lowest BCUT2D eigenvalue weighted by Crippen LogP contribution is -2.10. The zero-order valence-electron chi connectivity index (χ0n) is 12.8. The topological polar surface area (TPSA) is 168 Å². The molecule has 2 aromatic heterocycles. The molecule has 0 saturated heterocycles. The molecule has 0 spiro atoms. The van der Waals surface area contributed by atoms with E-state index in [1.807, 2.05) is 0 Å². The van der Waals surface area contributed by atoms with Crippen molar-refractivity contribution in [3.63, 3.8) is 0 Å². The van der Waals surface area contributed by atoms with Crippen molar-refractivity contribution in [3.8, 4) is 11.5 Å². The van der Waals surface area contributed by atoms with Crippen LogP contribution in [0.4, 0.5) is 0 Å². The number of ether oxygens (including phenoxy) is 2. The van der Waals surface area contributed by atoms with Gasteiger partial charge in [0.2, 0.25) is 0 Å². The lowest BCUT2D eigenvalue weighted by Gasteiger charge is -2.00. The summed E-state index contributed by atoms with van der Waals surface area (Å²) in [6, 6.07) is 2.86. The minimum Gasteiger partial charge on any atom is -0.480 e. The summed E-state index contributed by atoms with van der Waals surface area (Å²) in [5.74, 6) is -4.31. The molecule has 0 radical (unpaired) electrons. The highest BCUT2D eigenvalue weighted by Gasteiger charge is 2.14. The van der Waals surface area contributed by atoms with Gasteiger partial charge in [0.25, 0.3) is 0 Å². The maximum Gasteiger partial charge on any atom is 0.349 e. The maximum absolute atomic E-state index is 10.5. The van der Waals surface area contributed by atoms with Crippen LogP contribution in [-0.4, -0.2) is 57.5 Å². The standard InChI is InChI=1S/2C7H6O5S/c2*8-5(9)3-12-4-1-2-13-6(4)7(10)11/h2*1-2H,3H2,(H,8,9)(H,10,11). The smallest absolute Gasteiger partial charge is 0.349 e. The van der Waals surface area contributed by atoms with E-state index in [1.54, 1.807) is 0 Å². The van der Waals surface area contributed by atoms with Crippen molar-refractivity contribution in [2.45, 2.75) is 0 Å². The first kappa shape index (κ1) is 20.9. The van der Waals surface area contributed by atoms with Gasteiger partial charge >= 0.3 is 23.9 Å². The Morgan fingerprint density at radius 1 is 0.731 bits per heavy atom. The van der Waals surface area contributed by atoms with Crippen LogP contribution in [0.5, 0.6) is 11.5 Å². The molecular weight excluding hydrogens is 392 g/mol. The molecule has 0 atom stereocenters. The zero-order valence-corrected chi connectivity index (χ0v) is 14.4. The highest BCUT2D eigenvalue weighted by atomic mass is 32.1. The van der Waals surface area contributed by atoms with Gasteiger partial charge in [-0.25, -0.2) is 19.2 Å². The van der Waals surface area contributed by atoms with E-state index in [2.05, 4.69) is 0 Å². The van der Waals surface area contributed by atoms with Crippen molar-refractivity contribution in [1.82, 2.24) is 0 Å². The second-order valence-corrected chi connectivity index (χ2v) is 6.04. The summed E-state index contributed by atoms with van der Waals surface area (Å²) < 4.78 is 9.46. The van der Waals surface area contributed by atoms with Crippen molar-refractivity contribution < 1.29 is 49.1 Å². The number of carboxylic acid groups (broad SMARTS) is 4. The van der Waals surface area contributed by atoms with E-state index in [-0.39, 0.29) is 21.3 Å². The van der Waals surface area contributed by atoms with E-state index in [4.69, 9.17) is 29.9 Å². The highest BCUT2D eigenvalue weighted by Crippen LogP contribution is 2.25. The van der Waals surface area contributed by atoms with Crippen molar-refractivity contribution in [2.24, 2.45) is 0 Å². The molecule has 0 unspecified atom stereocenters. The van der Waals surface area contributed by atoms with Gasteiger partial charge in [-0.2, -0.15) is 0 Å². The van der Waals surface area contributed by atoms with Crippen LogP contribution in [0.3, 0.4) is 0 Å². The molecule has 0 aromatic carbocycles. The average molecular weight is 404 g/mol. The Balaban J connectivity index is 0.000000260. The largest absolute Gasteiger partial charge is 0.480 e. The number of hydrogen-bond donors (Lipinski definition) is 4. The molecule has 2 rings (SSSR count). The molecule has 0 saturated carbocycles. The number of carbonyl (C=O) groups is 4. The number of hydrogen-bond acceptors (Lipinski definition) is 8. The molecule has 10 nitrogen and oxygen atoms in total. The van der Waals surface area contributed by atoms with Gasteiger partial charge in [-0.15, -0.1) is 22.7 Å². The van der Waals surface area contributed by atoms with Crippen LogP contribution in [0.25, 0.3) is 0 Å². The highest BCUT2D eigenvalue weighted by molar-refractivity contribution is 7.12. The molecular formula is C14H12O10S2. The Labute approximate surface area is 153 Å². The third kappa shape index (κ3) is 6.78. The Morgan fingerprint density at radius 2 is 1.08 bits per heavy atom. The third-order valence-electron chi connectivity index (χ3n) is 2.35. The molecule has 0 aliphatic heterocycles. The molecule has 140 valence electrons. The molecule has 0 bridgehead atoms. The fraction of sp³-hybridized carbons (Fsp3) is 0.143. The summed E-state index contributed by atoms with van der Waals surface area (Å²) >= 11 is 1.98. The summed E-state index contributed by atoms with van der Waals surface area (Å²) in [5, 5.41) is 36.8. The molecule has 2 aromatic rings. The van der Waals surface area contributed by atoms with Crippen LogP contribution in [0.2, 0.25) is 0 Å². The van der Waals surface area contributed by atoms with Gasteiger partial charge in [0.05, 0.1) is 0 Å². The van der Waals surface area contributed by atoms with Gasteiger partial charge in [0.1, 0.15) is 11.5 Å². The van der Waals surface area contributed by atoms with E-state index >= 15 is 0 Å². The SMILES string of the molecule is O=C(O)COc1ccsc1C(=O)O.O=C(O)COc1ccsc1C(=O)O. The molecule has 0 fully saturated rings. The summed E-state index contributed by atoms with van der Waals surface area (Å²) in [6.07, 6.45) is 0. The molecule has 0 aliphatic carbocycles. The molecule has 4 N–H and O–H groups in total. The number of aromatic carboxylic acids is 2. The van der Waals surface area contributed by atoms with Crippen LogP contribution >= 0.6 is 22.7 Å². The first-order valence-electron chi connectivity index (χ1n) is 6.53. The molecule has 2 heterocycles. The van der Waals surface area contributed by atoms with Crippen LogP contribution in [-0.2, 0) is 9.59 Å². The minimum absolute atomic E-state index is 0.0150. The second-order valence-electron chi connectivity index (χ2n) is 4.20. The van der Waals surface area contributed by atoms with Gasteiger partial charge in [0.15, 0.2) is 23.0 Å². The number of carboxylic acids is 4. The number of rotatable bonds is 8. The van der Waals surface area contributed by atoms with Crippen molar-refractivity contribution in [3.05, 3.63) is 32.6 Å². The van der Waals surface area contributed by atoms with Gasteiger partial charge in [0, 0.05) is 0 Å². The predicted molar refractivity (Wildman–Crippen MR) is 88.8 cm³/mol. The van der Waals surface area contributed by atoms with E-state index in [9.17, 15) is 19.2 Å². The molecule has 12 heteroatoms. The van der Waals surface area contributed by atoms with Crippen LogP contribution in [0.15, 0.2) is 22.9 Å². The zero-order chi connectivity index (χ0) is 19.7. The van der Waals surface area contributed by atoms with Gasteiger partial charge in [-0.05, 0) is 22.9 Å². The number of thiophene rings is 2. The monoisotopic (exact) mass is 404 g/mol. The average Bonchev–Trinajstić information content (AvgIpc) is 3.20. The van der Waals surface area contributed by atoms with E-state index < -0.39 is 37.1 Å². The Hall–Kier alpha value is -3.12. The maximum atomic E-state index is 10.5.